The fraction of sp³-hybridized carbons (Fsp3) is 0.421. The van der Waals surface area contributed by atoms with Crippen LogP contribution in [0.15, 0.2) is 29.6 Å². The molecule has 0 aliphatic rings. The highest BCUT2D eigenvalue weighted by atomic mass is 32.1. The summed E-state index contributed by atoms with van der Waals surface area (Å²) in [5.74, 6) is 0.329. The Morgan fingerprint density at radius 2 is 2.00 bits per heavy atom. The number of ether oxygens (including phenoxy) is 2. The number of hydroxylamine groups is 2. The third kappa shape index (κ3) is 6.50. The molecule has 1 aromatic carbocycles. The number of aromatic nitrogens is 1. The zero-order chi connectivity index (χ0) is 20.7. The molecule has 28 heavy (non-hydrogen) atoms. The van der Waals surface area contributed by atoms with Crippen molar-refractivity contribution in [2.75, 3.05) is 14.2 Å². The Morgan fingerprint density at radius 1 is 1.25 bits per heavy atom. The third-order valence-electron chi connectivity index (χ3n) is 3.46. The van der Waals surface area contributed by atoms with E-state index in [4.69, 9.17) is 14.3 Å². The predicted octanol–water partition coefficient (Wildman–Crippen LogP) is 3.38. The zero-order valence-corrected chi connectivity index (χ0v) is 17.5. The Balaban J connectivity index is 1.98. The van der Waals surface area contributed by atoms with Gasteiger partial charge in [-0.1, -0.05) is 12.1 Å². The topological polar surface area (TPSA) is 90.0 Å². The number of thiazole rings is 1. The van der Waals surface area contributed by atoms with Crippen LogP contribution >= 0.6 is 11.3 Å². The van der Waals surface area contributed by atoms with Crippen LogP contribution in [0.3, 0.4) is 0 Å². The van der Waals surface area contributed by atoms with Gasteiger partial charge in [-0.15, -0.1) is 11.3 Å². The minimum atomic E-state index is -0.576. The molecule has 1 aromatic heterocycles. The summed E-state index contributed by atoms with van der Waals surface area (Å²) >= 11 is 1.27. The minimum Gasteiger partial charge on any atom is -0.497 e. The van der Waals surface area contributed by atoms with Crippen molar-refractivity contribution >= 4 is 23.3 Å². The number of benzene rings is 1. The van der Waals surface area contributed by atoms with Crippen LogP contribution in [0.4, 0.5) is 4.79 Å². The average molecular weight is 407 g/mol. The number of amides is 2. The van der Waals surface area contributed by atoms with Crippen molar-refractivity contribution in [1.29, 1.82) is 0 Å². The van der Waals surface area contributed by atoms with E-state index >= 15 is 0 Å². The smallest absolute Gasteiger partial charge is 0.408 e. The summed E-state index contributed by atoms with van der Waals surface area (Å²) in [5, 5.41) is 6.06. The van der Waals surface area contributed by atoms with Gasteiger partial charge in [0.15, 0.2) is 0 Å². The summed E-state index contributed by atoms with van der Waals surface area (Å²) in [6, 6.07) is 7.37. The van der Waals surface area contributed by atoms with Crippen molar-refractivity contribution in [3.63, 3.8) is 0 Å². The standard InChI is InChI=1S/C19H25N3O5S/c1-19(2,3)27-18(24)20-10-16-21-15(12-28-16)17(23)22(26-5)11-13-7-6-8-14(9-13)25-4/h6-9,12H,10-11H2,1-5H3,(H,20,24). The Hall–Kier alpha value is -2.65. The highest BCUT2D eigenvalue weighted by Gasteiger charge is 2.20. The second kappa shape index (κ2) is 9.52. The van der Waals surface area contributed by atoms with E-state index in [1.807, 2.05) is 24.3 Å². The van der Waals surface area contributed by atoms with Gasteiger partial charge in [0.25, 0.3) is 5.91 Å². The van der Waals surface area contributed by atoms with Gasteiger partial charge >= 0.3 is 6.09 Å². The second-order valence-electron chi connectivity index (χ2n) is 6.86. The Bertz CT molecular complexity index is 816. The second-order valence-corrected chi connectivity index (χ2v) is 7.80. The van der Waals surface area contributed by atoms with Crippen LogP contribution in [-0.2, 0) is 22.7 Å². The molecule has 0 radical (unpaired) electrons. The van der Waals surface area contributed by atoms with E-state index in [-0.39, 0.29) is 24.7 Å². The predicted molar refractivity (Wildman–Crippen MR) is 105 cm³/mol. The summed E-state index contributed by atoms with van der Waals surface area (Å²) in [6.07, 6.45) is -0.535. The summed E-state index contributed by atoms with van der Waals surface area (Å²) in [5.41, 5.74) is 0.528. The maximum absolute atomic E-state index is 12.7. The van der Waals surface area contributed by atoms with E-state index in [0.717, 1.165) is 5.56 Å². The van der Waals surface area contributed by atoms with Gasteiger partial charge in [0.05, 0.1) is 27.3 Å². The molecule has 0 saturated heterocycles. The Labute approximate surface area is 168 Å². The summed E-state index contributed by atoms with van der Waals surface area (Å²) in [7, 11) is 3.01. The SMILES string of the molecule is COc1cccc(CN(OC)C(=O)c2csc(CNC(=O)OC(C)(C)C)n2)c1. The third-order valence-corrected chi connectivity index (χ3v) is 4.31. The molecule has 9 heteroatoms. The molecule has 0 fully saturated rings. The van der Waals surface area contributed by atoms with E-state index in [1.165, 1.54) is 23.5 Å². The number of hydrogen-bond donors (Lipinski definition) is 1. The molecule has 152 valence electrons. The van der Waals surface area contributed by atoms with E-state index in [9.17, 15) is 9.59 Å². The quantitative estimate of drug-likeness (QED) is 0.708. The van der Waals surface area contributed by atoms with Crippen LogP contribution in [0.25, 0.3) is 0 Å². The molecule has 0 aliphatic carbocycles. The van der Waals surface area contributed by atoms with E-state index in [0.29, 0.717) is 10.8 Å². The number of nitrogens with one attached hydrogen (secondary N) is 1. The summed E-state index contributed by atoms with van der Waals surface area (Å²) < 4.78 is 10.4. The summed E-state index contributed by atoms with van der Waals surface area (Å²) in [4.78, 5) is 33.9. The molecule has 1 heterocycles. The van der Waals surface area contributed by atoms with Crippen molar-refractivity contribution < 1.29 is 23.9 Å². The average Bonchev–Trinajstić information content (AvgIpc) is 3.12. The molecule has 2 amide bonds. The van der Waals surface area contributed by atoms with Gasteiger partial charge in [-0.2, -0.15) is 0 Å². The Kier molecular flexibility index (Phi) is 7.36. The molecule has 0 unspecified atom stereocenters. The molecule has 0 spiro atoms. The lowest BCUT2D eigenvalue weighted by Gasteiger charge is -2.19. The van der Waals surface area contributed by atoms with Gasteiger partial charge in [-0.05, 0) is 38.5 Å². The molecule has 0 aliphatic heterocycles. The van der Waals surface area contributed by atoms with Crippen molar-refractivity contribution in [3.8, 4) is 5.75 Å². The molecule has 2 aromatic rings. The molecule has 0 bridgehead atoms. The highest BCUT2D eigenvalue weighted by Crippen LogP contribution is 2.17. The summed E-state index contributed by atoms with van der Waals surface area (Å²) in [6.45, 7) is 5.78. The van der Waals surface area contributed by atoms with Crippen LogP contribution in [0.1, 0.15) is 41.8 Å². The number of rotatable bonds is 7. The highest BCUT2D eigenvalue weighted by molar-refractivity contribution is 7.09. The Morgan fingerprint density at radius 3 is 2.64 bits per heavy atom. The molecular formula is C19H25N3O5S. The maximum Gasteiger partial charge on any atom is 0.408 e. The van der Waals surface area contributed by atoms with Gasteiger partial charge in [0, 0.05) is 5.38 Å². The monoisotopic (exact) mass is 407 g/mol. The number of alkyl carbamates (subject to hydrolysis) is 1. The first-order chi connectivity index (χ1) is 13.2. The lowest BCUT2D eigenvalue weighted by molar-refractivity contribution is -0.102. The van der Waals surface area contributed by atoms with Crippen LogP contribution in [-0.4, -0.2) is 41.9 Å². The number of methoxy groups -OCH3 is 1. The first-order valence-electron chi connectivity index (χ1n) is 8.62. The van der Waals surface area contributed by atoms with Crippen molar-refractivity contribution in [2.24, 2.45) is 0 Å². The minimum absolute atomic E-state index is 0.176. The maximum atomic E-state index is 12.7. The van der Waals surface area contributed by atoms with Crippen LogP contribution in [0.5, 0.6) is 5.75 Å². The number of hydrogen-bond acceptors (Lipinski definition) is 7. The fourth-order valence-corrected chi connectivity index (χ4v) is 2.94. The lowest BCUT2D eigenvalue weighted by atomic mass is 10.2. The zero-order valence-electron chi connectivity index (χ0n) is 16.6. The van der Waals surface area contributed by atoms with E-state index < -0.39 is 11.7 Å². The molecule has 1 N–H and O–H groups in total. The molecule has 2 rings (SSSR count). The van der Waals surface area contributed by atoms with Crippen LogP contribution in [0.2, 0.25) is 0 Å². The molecule has 8 nitrogen and oxygen atoms in total. The normalized spacial score (nSPS) is 11.0. The van der Waals surface area contributed by atoms with Gasteiger partial charge in [-0.25, -0.2) is 14.8 Å². The van der Waals surface area contributed by atoms with E-state index in [1.54, 1.807) is 33.3 Å². The van der Waals surface area contributed by atoms with Crippen molar-refractivity contribution in [1.82, 2.24) is 15.4 Å². The first-order valence-corrected chi connectivity index (χ1v) is 9.50. The van der Waals surface area contributed by atoms with Crippen LogP contribution in [0, 0.1) is 0 Å². The number of nitrogens with zero attached hydrogens (tertiary/aromatic N) is 2. The fourth-order valence-electron chi connectivity index (χ4n) is 2.24. The van der Waals surface area contributed by atoms with Gasteiger partial charge < -0.3 is 14.8 Å². The molecule has 0 saturated carbocycles. The van der Waals surface area contributed by atoms with Crippen molar-refractivity contribution in [2.45, 2.75) is 39.5 Å². The lowest BCUT2D eigenvalue weighted by Crippen LogP contribution is -2.32. The van der Waals surface area contributed by atoms with Crippen molar-refractivity contribution in [3.05, 3.63) is 45.9 Å². The van der Waals surface area contributed by atoms with Gasteiger partial charge in [-0.3, -0.25) is 9.63 Å². The van der Waals surface area contributed by atoms with Gasteiger partial charge in [0.1, 0.15) is 22.1 Å². The molecule has 0 atom stereocenters. The first kappa shape index (κ1) is 21.6. The van der Waals surface area contributed by atoms with Crippen LogP contribution < -0.4 is 10.1 Å². The number of carbonyl (C=O) groups is 2. The molecular weight excluding hydrogens is 382 g/mol. The largest absolute Gasteiger partial charge is 0.497 e. The van der Waals surface area contributed by atoms with Gasteiger partial charge in [0.2, 0.25) is 0 Å². The number of carbonyl (C=O) groups excluding carboxylic acids is 2. The van der Waals surface area contributed by atoms with E-state index in [2.05, 4.69) is 10.3 Å².